The monoisotopic (exact) mass is 383 g/mol. The molecule has 0 saturated heterocycles. The molecular weight excluding hydrogens is 361 g/mol. The predicted octanol–water partition coefficient (Wildman–Crippen LogP) is 3.49. The molecule has 0 bridgehead atoms. The van der Waals surface area contributed by atoms with Gasteiger partial charge in [0, 0.05) is 24.0 Å². The maximum atomic E-state index is 12.9. The number of aryl methyl sites for hydroxylation is 2. The van der Waals surface area contributed by atoms with E-state index in [1.54, 1.807) is 12.1 Å². The number of halogens is 1. The van der Waals surface area contributed by atoms with Gasteiger partial charge in [-0.1, -0.05) is 24.3 Å². The summed E-state index contributed by atoms with van der Waals surface area (Å²) in [6.07, 6.45) is 0.566. The maximum Gasteiger partial charge on any atom is 0.251 e. The molecule has 0 fully saturated rings. The number of fused-ring (bicyclic) bond motifs is 1. The van der Waals surface area contributed by atoms with Gasteiger partial charge >= 0.3 is 0 Å². The van der Waals surface area contributed by atoms with E-state index in [4.69, 9.17) is 12.2 Å². The van der Waals surface area contributed by atoms with E-state index < -0.39 is 0 Å². The normalized spacial score (nSPS) is 10.8. The fourth-order valence-corrected chi connectivity index (χ4v) is 3.14. The summed E-state index contributed by atoms with van der Waals surface area (Å²) in [5.41, 5.74) is 4.69. The molecule has 2 aromatic carbocycles. The molecule has 27 heavy (non-hydrogen) atoms. The number of hydrogen-bond acceptors (Lipinski definition) is 2. The number of H-pyrrole nitrogens is 1. The van der Waals surface area contributed by atoms with Crippen LogP contribution in [0.3, 0.4) is 0 Å². The van der Waals surface area contributed by atoms with Crippen molar-refractivity contribution in [1.82, 2.24) is 15.6 Å². The Morgan fingerprint density at radius 2 is 1.78 bits per heavy atom. The number of aromatic nitrogens is 1. The highest BCUT2D eigenvalue weighted by molar-refractivity contribution is 7.80. The molecule has 0 radical (unpaired) electrons. The zero-order valence-corrected chi connectivity index (χ0v) is 16.2. The highest BCUT2D eigenvalue weighted by Gasteiger charge is 2.07. The number of rotatable bonds is 5. The molecule has 0 aliphatic rings. The summed E-state index contributed by atoms with van der Waals surface area (Å²) >= 11 is 5.26. The molecule has 4 nitrogen and oxygen atoms in total. The van der Waals surface area contributed by atoms with Crippen molar-refractivity contribution in [2.75, 3.05) is 6.54 Å². The molecule has 0 amide bonds. The molecule has 0 aliphatic heterocycles. The Labute approximate surface area is 162 Å². The number of thiocarbonyl (C=S) groups is 1. The molecule has 0 saturated carbocycles. The van der Waals surface area contributed by atoms with Crippen molar-refractivity contribution < 1.29 is 4.39 Å². The lowest BCUT2D eigenvalue weighted by molar-refractivity contribution is 0.626. The highest BCUT2D eigenvalue weighted by atomic mass is 32.1. The van der Waals surface area contributed by atoms with Crippen molar-refractivity contribution in [2.45, 2.75) is 26.8 Å². The molecule has 0 unspecified atom stereocenters. The van der Waals surface area contributed by atoms with E-state index in [1.807, 2.05) is 26.0 Å². The number of benzene rings is 2. The van der Waals surface area contributed by atoms with Crippen molar-refractivity contribution in [3.63, 3.8) is 0 Å². The van der Waals surface area contributed by atoms with Crippen LogP contribution >= 0.6 is 12.2 Å². The van der Waals surface area contributed by atoms with E-state index in [-0.39, 0.29) is 11.4 Å². The minimum atomic E-state index is -0.259. The lowest BCUT2D eigenvalue weighted by Gasteiger charge is -2.11. The van der Waals surface area contributed by atoms with Gasteiger partial charge in [-0.3, -0.25) is 4.79 Å². The second-order valence-corrected chi connectivity index (χ2v) is 7.01. The fourth-order valence-electron chi connectivity index (χ4n) is 2.96. The van der Waals surface area contributed by atoms with E-state index in [2.05, 4.69) is 21.7 Å². The second kappa shape index (κ2) is 8.31. The zero-order chi connectivity index (χ0) is 19.4. The van der Waals surface area contributed by atoms with Gasteiger partial charge in [0.15, 0.2) is 5.11 Å². The third-order valence-electron chi connectivity index (χ3n) is 4.57. The number of hydrogen-bond donors (Lipinski definition) is 3. The van der Waals surface area contributed by atoms with E-state index in [0.717, 1.165) is 33.2 Å². The Bertz CT molecular complexity index is 1030. The van der Waals surface area contributed by atoms with Crippen LogP contribution in [0.1, 0.15) is 22.3 Å². The number of nitrogens with one attached hydrogen (secondary N) is 3. The lowest BCUT2D eigenvalue weighted by atomic mass is 10.0. The smallest absolute Gasteiger partial charge is 0.251 e. The molecule has 0 aliphatic carbocycles. The van der Waals surface area contributed by atoms with Crippen LogP contribution in [0.5, 0.6) is 0 Å². The second-order valence-electron chi connectivity index (χ2n) is 6.60. The van der Waals surface area contributed by atoms with Gasteiger partial charge in [0.05, 0.1) is 5.52 Å². The zero-order valence-electron chi connectivity index (χ0n) is 15.4. The molecular formula is C21H22FN3OS. The first-order valence-electron chi connectivity index (χ1n) is 8.82. The summed E-state index contributed by atoms with van der Waals surface area (Å²) in [5, 5.41) is 7.76. The summed E-state index contributed by atoms with van der Waals surface area (Å²) in [7, 11) is 0. The van der Waals surface area contributed by atoms with Crippen LogP contribution in [-0.4, -0.2) is 16.6 Å². The van der Waals surface area contributed by atoms with Gasteiger partial charge in [0.1, 0.15) is 5.82 Å². The SMILES string of the molecule is Cc1ccc(C)c2[nH]c(=O)c(CCNC(=S)NCc3ccc(F)cc3)cc12. The van der Waals surface area contributed by atoms with E-state index in [1.165, 1.54) is 12.1 Å². The van der Waals surface area contributed by atoms with Crippen LogP contribution < -0.4 is 16.2 Å². The maximum absolute atomic E-state index is 12.9. The van der Waals surface area contributed by atoms with Gasteiger partial charge in [-0.25, -0.2) is 4.39 Å². The van der Waals surface area contributed by atoms with Gasteiger partial charge in [0.25, 0.3) is 5.56 Å². The minimum absolute atomic E-state index is 0.0665. The van der Waals surface area contributed by atoms with Crippen LogP contribution in [0.25, 0.3) is 10.9 Å². The van der Waals surface area contributed by atoms with Crippen molar-refractivity contribution in [3.8, 4) is 0 Å². The Morgan fingerprint density at radius 3 is 2.52 bits per heavy atom. The van der Waals surface area contributed by atoms with E-state index >= 15 is 0 Å². The van der Waals surface area contributed by atoms with Crippen molar-refractivity contribution in [1.29, 1.82) is 0 Å². The standard InChI is InChI=1S/C21H22FN3OS/c1-13-3-4-14(2)19-18(13)11-16(20(26)25-19)9-10-23-21(27)24-12-15-5-7-17(22)8-6-15/h3-8,11H,9-10,12H2,1-2H3,(H,25,26)(H2,23,24,27). The van der Waals surface area contributed by atoms with E-state index in [0.29, 0.717) is 24.6 Å². The van der Waals surface area contributed by atoms with Crippen LogP contribution in [0.2, 0.25) is 0 Å². The molecule has 3 rings (SSSR count). The first-order valence-corrected chi connectivity index (χ1v) is 9.23. The van der Waals surface area contributed by atoms with Crippen LogP contribution in [0.4, 0.5) is 4.39 Å². The molecule has 1 aromatic heterocycles. The summed E-state index contributed by atoms with van der Waals surface area (Å²) in [5.74, 6) is -0.259. The summed E-state index contributed by atoms with van der Waals surface area (Å²) < 4.78 is 12.9. The summed E-state index contributed by atoms with van der Waals surface area (Å²) in [6, 6.07) is 12.3. The summed E-state index contributed by atoms with van der Waals surface area (Å²) in [6.45, 7) is 5.09. The van der Waals surface area contributed by atoms with Crippen molar-refractivity contribution in [3.05, 3.63) is 80.9 Å². The largest absolute Gasteiger partial charge is 0.362 e. The molecule has 3 aromatic rings. The quantitative estimate of drug-likeness (QED) is 0.591. The Morgan fingerprint density at radius 1 is 1.07 bits per heavy atom. The first-order chi connectivity index (χ1) is 12.9. The van der Waals surface area contributed by atoms with Gasteiger partial charge in [-0.05, 0) is 67.4 Å². The van der Waals surface area contributed by atoms with Crippen LogP contribution in [0, 0.1) is 19.7 Å². The lowest BCUT2D eigenvalue weighted by Crippen LogP contribution is -2.36. The Kier molecular flexibility index (Phi) is 5.86. The minimum Gasteiger partial charge on any atom is -0.362 e. The van der Waals surface area contributed by atoms with Gasteiger partial charge in [-0.2, -0.15) is 0 Å². The molecule has 3 N–H and O–H groups in total. The van der Waals surface area contributed by atoms with Crippen molar-refractivity contribution in [2.24, 2.45) is 0 Å². The molecule has 1 heterocycles. The fraction of sp³-hybridized carbons (Fsp3) is 0.238. The van der Waals surface area contributed by atoms with Gasteiger partial charge in [-0.15, -0.1) is 0 Å². The van der Waals surface area contributed by atoms with Crippen LogP contribution in [-0.2, 0) is 13.0 Å². The van der Waals surface area contributed by atoms with Crippen molar-refractivity contribution >= 4 is 28.2 Å². The third kappa shape index (κ3) is 4.71. The molecule has 140 valence electrons. The topological polar surface area (TPSA) is 56.9 Å². The highest BCUT2D eigenvalue weighted by Crippen LogP contribution is 2.19. The molecule has 6 heteroatoms. The number of aromatic amines is 1. The molecule has 0 spiro atoms. The average molecular weight is 383 g/mol. The Balaban J connectivity index is 1.57. The van der Waals surface area contributed by atoms with Crippen LogP contribution in [0.15, 0.2) is 47.3 Å². The van der Waals surface area contributed by atoms with E-state index in [9.17, 15) is 9.18 Å². The van der Waals surface area contributed by atoms with Gasteiger partial charge in [0.2, 0.25) is 0 Å². The summed E-state index contributed by atoms with van der Waals surface area (Å²) in [4.78, 5) is 15.3. The third-order valence-corrected chi connectivity index (χ3v) is 4.86. The predicted molar refractivity (Wildman–Crippen MR) is 112 cm³/mol. The average Bonchev–Trinajstić information content (AvgIpc) is 2.65. The Hall–Kier alpha value is -2.73. The number of pyridine rings is 1. The first kappa shape index (κ1) is 19.0. The molecule has 0 atom stereocenters. The van der Waals surface area contributed by atoms with Gasteiger partial charge < -0.3 is 15.6 Å².